The normalized spacial score (nSPS) is 13.1. The molecule has 0 aliphatic carbocycles. The SMILES string of the molecule is CC(=C/c1ccc(F)cc1)/C(C)=N\O. The van der Waals surface area contributed by atoms with Crippen LogP contribution in [-0.4, -0.2) is 10.9 Å². The number of hydrogen-bond donors (Lipinski definition) is 1. The van der Waals surface area contributed by atoms with Gasteiger partial charge >= 0.3 is 0 Å². The van der Waals surface area contributed by atoms with Crippen LogP contribution in [0.3, 0.4) is 0 Å². The standard InChI is InChI=1S/C11H12FNO/c1-8(9(2)13-14)7-10-3-5-11(12)6-4-10/h3-7,14H,1-2H3/b8-7-,13-9-. The summed E-state index contributed by atoms with van der Waals surface area (Å²) < 4.78 is 12.6. The molecule has 1 N–H and O–H groups in total. The summed E-state index contributed by atoms with van der Waals surface area (Å²) in [5, 5.41) is 11.6. The molecule has 0 unspecified atom stereocenters. The number of hydrogen-bond acceptors (Lipinski definition) is 2. The van der Waals surface area contributed by atoms with Crippen molar-refractivity contribution in [2.75, 3.05) is 0 Å². The number of oxime groups is 1. The monoisotopic (exact) mass is 193 g/mol. The molecule has 0 saturated heterocycles. The first-order valence-corrected chi connectivity index (χ1v) is 4.26. The molecule has 0 bridgehead atoms. The first kappa shape index (κ1) is 10.4. The molecule has 0 heterocycles. The van der Waals surface area contributed by atoms with Crippen LogP contribution in [0.25, 0.3) is 6.08 Å². The Hall–Kier alpha value is -1.64. The third-order valence-corrected chi connectivity index (χ3v) is 1.97. The minimum Gasteiger partial charge on any atom is -0.411 e. The minimum absolute atomic E-state index is 0.257. The first-order valence-electron chi connectivity index (χ1n) is 4.26. The molecule has 0 aliphatic rings. The van der Waals surface area contributed by atoms with Crippen LogP contribution in [0, 0.1) is 5.82 Å². The maximum Gasteiger partial charge on any atom is 0.123 e. The van der Waals surface area contributed by atoms with E-state index in [1.54, 1.807) is 19.1 Å². The van der Waals surface area contributed by atoms with Gasteiger partial charge in [0.15, 0.2) is 0 Å². The highest BCUT2D eigenvalue weighted by atomic mass is 19.1. The van der Waals surface area contributed by atoms with E-state index in [9.17, 15) is 4.39 Å². The Morgan fingerprint density at radius 2 is 1.86 bits per heavy atom. The van der Waals surface area contributed by atoms with Gasteiger partial charge in [0.1, 0.15) is 5.82 Å². The van der Waals surface area contributed by atoms with Crippen LogP contribution in [0.4, 0.5) is 4.39 Å². The molecule has 1 aromatic carbocycles. The summed E-state index contributed by atoms with van der Waals surface area (Å²) in [6.07, 6.45) is 1.83. The quantitative estimate of drug-likeness (QED) is 0.437. The smallest absolute Gasteiger partial charge is 0.123 e. The number of allylic oxidation sites excluding steroid dienone is 1. The van der Waals surface area contributed by atoms with Crippen LogP contribution >= 0.6 is 0 Å². The summed E-state index contributed by atoms with van der Waals surface area (Å²) >= 11 is 0. The van der Waals surface area contributed by atoms with E-state index >= 15 is 0 Å². The molecule has 0 atom stereocenters. The highest BCUT2D eigenvalue weighted by molar-refractivity contribution is 6.01. The van der Waals surface area contributed by atoms with Gasteiger partial charge in [0.2, 0.25) is 0 Å². The number of benzene rings is 1. The van der Waals surface area contributed by atoms with Gasteiger partial charge in [0.25, 0.3) is 0 Å². The molecule has 0 aromatic heterocycles. The van der Waals surface area contributed by atoms with Gasteiger partial charge in [-0.2, -0.15) is 0 Å². The van der Waals surface area contributed by atoms with Crippen molar-refractivity contribution in [3.05, 3.63) is 41.2 Å². The summed E-state index contributed by atoms with van der Waals surface area (Å²) in [4.78, 5) is 0. The third-order valence-electron chi connectivity index (χ3n) is 1.97. The van der Waals surface area contributed by atoms with Crippen molar-refractivity contribution < 1.29 is 9.60 Å². The summed E-state index contributed by atoms with van der Waals surface area (Å²) in [5.74, 6) is -0.257. The van der Waals surface area contributed by atoms with E-state index in [1.807, 2.05) is 13.0 Å². The minimum atomic E-state index is -0.257. The van der Waals surface area contributed by atoms with Crippen LogP contribution in [0.2, 0.25) is 0 Å². The Bertz CT molecular complexity index is 365. The van der Waals surface area contributed by atoms with E-state index in [4.69, 9.17) is 5.21 Å². The summed E-state index contributed by atoms with van der Waals surface area (Å²) in [5.41, 5.74) is 2.28. The fraction of sp³-hybridized carbons (Fsp3) is 0.182. The predicted octanol–water partition coefficient (Wildman–Crippen LogP) is 3.08. The van der Waals surface area contributed by atoms with Crippen molar-refractivity contribution in [1.29, 1.82) is 0 Å². The predicted molar refractivity (Wildman–Crippen MR) is 54.9 cm³/mol. The zero-order chi connectivity index (χ0) is 10.6. The molecule has 1 rings (SSSR count). The van der Waals surface area contributed by atoms with Gasteiger partial charge in [-0.15, -0.1) is 0 Å². The van der Waals surface area contributed by atoms with Crippen molar-refractivity contribution >= 4 is 11.8 Å². The fourth-order valence-electron chi connectivity index (χ4n) is 0.992. The zero-order valence-electron chi connectivity index (χ0n) is 8.16. The Morgan fingerprint density at radius 3 is 2.36 bits per heavy atom. The van der Waals surface area contributed by atoms with Crippen LogP contribution in [0.5, 0.6) is 0 Å². The molecule has 1 aromatic rings. The molecule has 74 valence electrons. The van der Waals surface area contributed by atoms with E-state index < -0.39 is 0 Å². The van der Waals surface area contributed by atoms with Gasteiger partial charge < -0.3 is 5.21 Å². The number of nitrogens with zero attached hydrogens (tertiary/aromatic N) is 1. The van der Waals surface area contributed by atoms with Gasteiger partial charge in [-0.3, -0.25) is 0 Å². The Morgan fingerprint density at radius 1 is 1.29 bits per heavy atom. The summed E-state index contributed by atoms with van der Waals surface area (Å²) in [6.45, 7) is 3.54. The molecule has 0 spiro atoms. The molecule has 3 heteroatoms. The highest BCUT2D eigenvalue weighted by Gasteiger charge is 1.96. The number of rotatable bonds is 2. The van der Waals surface area contributed by atoms with Crippen LogP contribution < -0.4 is 0 Å². The van der Waals surface area contributed by atoms with Crippen LogP contribution in [0.15, 0.2) is 35.0 Å². The third kappa shape index (κ3) is 2.69. The van der Waals surface area contributed by atoms with Crippen LogP contribution in [-0.2, 0) is 0 Å². The summed E-state index contributed by atoms with van der Waals surface area (Å²) in [7, 11) is 0. The first-order chi connectivity index (χ1) is 6.63. The lowest BCUT2D eigenvalue weighted by atomic mass is 10.1. The van der Waals surface area contributed by atoms with E-state index in [0.717, 1.165) is 11.1 Å². The maximum absolute atomic E-state index is 12.6. The molecular weight excluding hydrogens is 181 g/mol. The lowest BCUT2D eigenvalue weighted by molar-refractivity contribution is 0.319. The molecule has 2 nitrogen and oxygen atoms in total. The zero-order valence-corrected chi connectivity index (χ0v) is 8.16. The lowest BCUT2D eigenvalue weighted by Crippen LogP contribution is -1.92. The van der Waals surface area contributed by atoms with E-state index in [-0.39, 0.29) is 5.82 Å². The van der Waals surface area contributed by atoms with Crippen molar-refractivity contribution in [1.82, 2.24) is 0 Å². The number of halogens is 1. The Labute approximate surface area is 82.4 Å². The van der Waals surface area contributed by atoms with Crippen molar-refractivity contribution in [3.63, 3.8) is 0 Å². The fourth-order valence-corrected chi connectivity index (χ4v) is 0.992. The van der Waals surface area contributed by atoms with Gasteiger partial charge in [-0.05, 0) is 37.1 Å². The van der Waals surface area contributed by atoms with E-state index in [0.29, 0.717) is 5.71 Å². The lowest BCUT2D eigenvalue weighted by Gasteiger charge is -1.98. The van der Waals surface area contributed by atoms with Crippen LogP contribution in [0.1, 0.15) is 19.4 Å². The summed E-state index contributed by atoms with van der Waals surface area (Å²) in [6, 6.07) is 6.13. The van der Waals surface area contributed by atoms with Crippen molar-refractivity contribution in [3.8, 4) is 0 Å². The molecule has 0 fully saturated rings. The second-order valence-electron chi connectivity index (χ2n) is 3.06. The van der Waals surface area contributed by atoms with Gasteiger partial charge in [-0.25, -0.2) is 4.39 Å². The Balaban J connectivity index is 2.92. The molecule has 0 radical (unpaired) electrons. The second-order valence-corrected chi connectivity index (χ2v) is 3.06. The maximum atomic E-state index is 12.6. The molecule has 14 heavy (non-hydrogen) atoms. The average molecular weight is 193 g/mol. The second kappa shape index (κ2) is 4.56. The Kier molecular flexibility index (Phi) is 3.40. The van der Waals surface area contributed by atoms with Gasteiger partial charge in [0, 0.05) is 0 Å². The molecule has 0 saturated carbocycles. The molecule has 0 amide bonds. The van der Waals surface area contributed by atoms with Crippen molar-refractivity contribution in [2.45, 2.75) is 13.8 Å². The van der Waals surface area contributed by atoms with Gasteiger partial charge in [0.05, 0.1) is 5.71 Å². The van der Waals surface area contributed by atoms with Gasteiger partial charge in [-0.1, -0.05) is 23.4 Å². The topological polar surface area (TPSA) is 32.6 Å². The highest BCUT2D eigenvalue weighted by Crippen LogP contribution is 2.09. The van der Waals surface area contributed by atoms with E-state index in [2.05, 4.69) is 5.16 Å². The largest absolute Gasteiger partial charge is 0.411 e. The molecule has 0 aliphatic heterocycles. The molecular formula is C11H12FNO. The van der Waals surface area contributed by atoms with E-state index in [1.165, 1.54) is 12.1 Å². The van der Waals surface area contributed by atoms with Crippen molar-refractivity contribution in [2.24, 2.45) is 5.16 Å². The average Bonchev–Trinajstić information content (AvgIpc) is 2.20.